The van der Waals surface area contributed by atoms with E-state index in [-0.39, 0.29) is 6.03 Å². The van der Waals surface area contributed by atoms with Gasteiger partial charge < -0.3 is 20.3 Å². The number of ether oxygens (including phenoxy) is 1. The van der Waals surface area contributed by atoms with E-state index in [0.717, 1.165) is 24.5 Å². The molecule has 0 saturated heterocycles. The van der Waals surface area contributed by atoms with Crippen molar-refractivity contribution in [2.75, 3.05) is 36.5 Å². The molecule has 6 heteroatoms. The van der Waals surface area contributed by atoms with Crippen molar-refractivity contribution in [1.29, 1.82) is 0 Å². The number of rotatable bonds is 8. The van der Waals surface area contributed by atoms with Crippen LogP contribution < -0.4 is 20.3 Å². The number of nitrogens with one attached hydrogen (secondary N) is 2. The molecule has 0 heterocycles. The van der Waals surface area contributed by atoms with Crippen LogP contribution in [0.15, 0.2) is 48.5 Å². The number of nitrogens with zero attached hydrogens (tertiary/aromatic N) is 1. The molecule has 0 bridgehead atoms. The Hall–Kier alpha value is -2.40. The van der Waals surface area contributed by atoms with E-state index in [9.17, 15) is 4.79 Å². The summed E-state index contributed by atoms with van der Waals surface area (Å²) in [6.45, 7) is 6.87. The molecule has 0 aliphatic heterocycles. The maximum atomic E-state index is 11.9. The first-order chi connectivity index (χ1) is 12.1. The minimum Gasteiger partial charge on any atom is -0.490 e. The molecule has 2 aromatic rings. The van der Waals surface area contributed by atoms with Gasteiger partial charge >= 0.3 is 6.03 Å². The highest BCUT2D eigenvalue weighted by Crippen LogP contribution is 2.22. The van der Waals surface area contributed by atoms with Crippen LogP contribution in [0.1, 0.15) is 13.8 Å². The molecule has 0 spiro atoms. The first-order valence-corrected chi connectivity index (χ1v) is 8.79. The van der Waals surface area contributed by atoms with Gasteiger partial charge in [0.25, 0.3) is 0 Å². The Balaban J connectivity index is 1.74. The quantitative estimate of drug-likeness (QED) is 0.686. The van der Waals surface area contributed by atoms with Crippen molar-refractivity contribution in [2.24, 2.45) is 0 Å². The second-order valence-corrected chi connectivity index (χ2v) is 5.79. The summed E-state index contributed by atoms with van der Waals surface area (Å²) in [7, 11) is 0. The monoisotopic (exact) mass is 361 g/mol. The van der Waals surface area contributed by atoms with Crippen LogP contribution in [0.3, 0.4) is 0 Å². The van der Waals surface area contributed by atoms with Gasteiger partial charge in [0.05, 0.1) is 11.6 Å². The van der Waals surface area contributed by atoms with Gasteiger partial charge in [0.2, 0.25) is 0 Å². The second kappa shape index (κ2) is 9.79. The van der Waals surface area contributed by atoms with Gasteiger partial charge in [-0.1, -0.05) is 23.7 Å². The van der Waals surface area contributed by atoms with Crippen molar-refractivity contribution in [3.63, 3.8) is 0 Å². The Morgan fingerprint density at radius 1 is 1.08 bits per heavy atom. The van der Waals surface area contributed by atoms with Gasteiger partial charge in [-0.3, -0.25) is 0 Å². The molecular weight excluding hydrogens is 338 g/mol. The molecule has 134 valence electrons. The molecule has 2 N–H and O–H groups in total. The number of hydrogen-bond donors (Lipinski definition) is 2. The van der Waals surface area contributed by atoms with Gasteiger partial charge in [0.15, 0.2) is 0 Å². The highest BCUT2D eigenvalue weighted by atomic mass is 35.5. The van der Waals surface area contributed by atoms with Crippen LogP contribution in [0.4, 0.5) is 16.2 Å². The molecule has 0 atom stereocenters. The molecular formula is C19H24ClN3O2. The number of carbonyl (C=O) groups excluding carboxylic acids is 1. The first kappa shape index (κ1) is 18.9. The summed E-state index contributed by atoms with van der Waals surface area (Å²) in [5, 5.41) is 6.11. The normalized spacial score (nSPS) is 10.2. The largest absolute Gasteiger partial charge is 0.490 e. The summed E-state index contributed by atoms with van der Waals surface area (Å²) in [6.07, 6.45) is 0. The topological polar surface area (TPSA) is 53.6 Å². The van der Waals surface area contributed by atoms with Gasteiger partial charge in [0, 0.05) is 24.5 Å². The summed E-state index contributed by atoms with van der Waals surface area (Å²) in [5.74, 6) is 0.610. The maximum absolute atomic E-state index is 11.9. The van der Waals surface area contributed by atoms with Gasteiger partial charge in [-0.15, -0.1) is 0 Å². The van der Waals surface area contributed by atoms with E-state index < -0.39 is 0 Å². The van der Waals surface area contributed by atoms with Gasteiger partial charge in [-0.25, -0.2) is 4.79 Å². The minimum absolute atomic E-state index is 0.265. The number of benzene rings is 2. The number of para-hydroxylation sites is 1. The summed E-state index contributed by atoms with van der Waals surface area (Å²) < 4.78 is 5.52. The smallest absolute Gasteiger partial charge is 0.319 e. The summed E-state index contributed by atoms with van der Waals surface area (Å²) in [5.41, 5.74) is 1.89. The Morgan fingerprint density at radius 3 is 2.40 bits per heavy atom. The number of carbonyl (C=O) groups is 1. The number of halogens is 1. The molecule has 2 rings (SSSR count). The van der Waals surface area contributed by atoms with Crippen LogP contribution in [0.5, 0.6) is 5.75 Å². The van der Waals surface area contributed by atoms with Crippen LogP contribution in [-0.2, 0) is 0 Å². The van der Waals surface area contributed by atoms with Crippen LogP contribution in [-0.4, -0.2) is 32.3 Å². The Labute approximate surface area is 153 Å². The number of hydrogen-bond acceptors (Lipinski definition) is 3. The van der Waals surface area contributed by atoms with Crippen molar-refractivity contribution >= 4 is 29.0 Å². The lowest BCUT2D eigenvalue weighted by Gasteiger charge is -2.21. The highest BCUT2D eigenvalue weighted by Gasteiger charge is 2.04. The molecule has 0 unspecified atom stereocenters. The lowest BCUT2D eigenvalue weighted by molar-refractivity contribution is 0.247. The zero-order valence-corrected chi connectivity index (χ0v) is 15.3. The molecule has 0 aliphatic carbocycles. The van der Waals surface area contributed by atoms with Crippen LogP contribution in [0.25, 0.3) is 0 Å². The fourth-order valence-electron chi connectivity index (χ4n) is 2.41. The van der Waals surface area contributed by atoms with E-state index in [1.165, 1.54) is 0 Å². The van der Waals surface area contributed by atoms with Crippen LogP contribution in [0, 0.1) is 0 Å². The third-order valence-electron chi connectivity index (χ3n) is 3.74. The third kappa shape index (κ3) is 5.87. The molecule has 25 heavy (non-hydrogen) atoms. The first-order valence-electron chi connectivity index (χ1n) is 8.41. The second-order valence-electron chi connectivity index (χ2n) is 5.38. The predicted octanol–water partition coefficient (Wildman–Crippen LogP) is 4.39. The number of anilines is 2. The van der Waals surface area contributed by atoms with Crippen molar-refractivity contribution < 1.29 is 9.53 Å². The maximum Gasteiger partial charge on any atom is 0.319 e. The average Bonchev–Trinajstić information content (AvgIpc) is 2.62. The molecule has 0 aliphatic rings. The molecule has 0 aromatic heterocycles. The SMILES string of the molecule is CCN(CC)c1ccc(NC(=O)NCCOc2ccccc2Cl)cc1. The molecule has 0 fully saturated rings. The van der Waals surface area contributed by atoms with Crippen LogP contribution >= 0.6 is 11.6 Å². The zero-order chi connectivity index (χ0) is 18.1. The lowest BCUT2D eigenvalue weighted by Crippen LogP contribution is -2.32. The van der Waals surface area contributed by atoms with Crippen molar-refractivity contribution in [2.45, 2.75) is 13.8 Å². The standard InChI is InChI=1S/C19H24ClN3O2/c1-3-23(4-2)16-11-9-15(10-12-16)22-19(24)21-13-14-25-18-8-6-5-7-17(18)20/h5-12H,3-4,13-14H2,1-2H3,(H2,21,22,24). The summed E-state index contributed by atoms with van der Waals surface area (Å²) >= 11 is 6.00. The van der Waals surface area contributed by atoms with Crippen molar-refractivity contribution in [3.8, 4) is 5.75 Å². The third-order valence-corrected chi connectivity index (χ3v) is 4.05. The Kier molecular flexibility index (Phi) is 7.41. The van der Waals surface area contributed by atoms with Gasteiger partial charge in [0.1, 0.15) is 12.4 Å². The van der Waals surface area contributed by atoms with E-state index in [0.29, 0.717) is 23.9 Å². The lowest BCUT2D eigenvalue weighted by atomic mass is 10.2. The number of amides is 2. The van der Waals surface area contributed by atoms with E-state index in [1.54, 1.807) is 12.1 Å². The van der Waals surface area contributed by atoms with Crippen LogP contribution in [0.2, 0.25) is 5.02 Å². The molecule has 0 radical (unpaired) electrons. The van der Waals surface area contributed by atoms with E-state index in [1.807, 2.05) is 36.4 Å². The fraction of sp³-hybridized carbons (Fsp3) is 0.316. The van der Waals surface area contributed by atoms with E-state index in [2.05, 4.69) is 29.4 Å². The Morgan fingerprint density at radius 2 is 1.76 bits per heavy atom. The molecule has 2 amide bonds. The number of urea groups is 1. The van der Waals surface area contributed by atoms with Crippen molar-refractivity contribution in [3.05, 3.63) is 53.6 Å². The predicted molar refractivity (Wildman–Crippen MR) is 104 cm³/mol. The van der Waals surface area contributed by atoms with Gasteiger partial charge in [-0.2, -0.15) is 0 Å². The Bertz CT molecular complexity index is 673. The molecule has 2 aromatic carbocycles. The minimum atomic E-state index is -0.265. The summed E-state index contributed by atoms with van der Waals surface area (Å²) in [6, 6.07) is 14.8. The zero-order valence-electron chi connectivity index (χ0n) is 14.6. The van der Waals surface area contributed by atoms with Gasteiger partial charge in [-0.05, 0) is 50.2 Å². The summed E-state index contributed by atoms with van der Waals surface area (Å²) in [4.78, 5) is 14.2. The fourth-order valence-corrected chi connectivity index (χ4v) is 2.60. The average molecular weight is 362 g/mol. The van der Waals surface area contributed by atoms with Crippen molar-refractivity contribution in [1.82, 2.24) is 5.32 Å². The van der Waals surface area contributed by atoms with E-state index in [4.69, 9.17) is 16.3 Å². The molecule has 0 saturated carbocycles. The van der Waals surface area contributed by atoms with E-state index >= 15 is 0 Å². The highest BCUT2D eigenvalue weighted by molar-refractivity contribution is 6.32. The molecule has 5 nitrogen and oxygen atoms in total.